The van der Waals surface area contributed by atoms with E-state index in [2.05, 4.69) is 20.2 Å². The van der Waals surface area contributed by atoms with Crippen molar-refractivity contribution in [2.24, 2.45) is 0 Å². The van der Waals surface area contributed by atoms with Crippen LogP contribution in [0, 0.1) is 5.82 Å². The molecule has 148 valence electrons. The molecule has 0 unspecified atom stereocenters. The van der Waals surface area contributed by atoms with Gasteiger partial charge in [0, 0.05) is 11.8 Å². The second kappa shape index (κ2) is 6.84. The molecule has 0 saturated carbocycles. The van der Waals surface area contributed by atoms with E-state index in [1.807, 2.05) is 48.5 Å². The lowest BCUT2D eigenvalue weighted by Crippen LogP contribution is -1.88. The van der Waals surface area contributed by atoms with Gasteiger partial charge in [0.1, 0.15) is 11.3 Å². The van der Waals surface area contributed by atoms with Crippen molar-refractivity contribution < 1.29 is 4.39 Å². The van der Waals surface area contributed by atoms with E-state index in [-0.39, 0.29) is 5.82 Å². The van der Waals surface area contributed by atoms with Crippen molar-refractivity contribution in [3.8, 4) is 34.0 Å². The van der Waals surface area contributed by atoms with Crippen LogP contribution >= 0.6 is 0 Å². The summed E-state index contributed by atoms with van der Waals surface area (Å²) in [5.41, 5.74) is 7.19. The highest BCUT2D eigenvalue weighted by molar-refractivity contribution is 5.96. The summed E-state index contributed by atoms with van der Waals surface area (Å²) < 4.78 is 13.4. The van der Waals surface area contributed by atoms with Crippen LogP contribution in [-0.4, -0.2) is 30.1 Å². The molecule has 2 aromatic carbocycles. The monoisotopic (exact) mass is 406 g/mol. The number of hydrogen-bond donors (Lipinski definition) is 2. The van der Waals surface area contributed by atoms with Gasteiger partial charge in [0.25, 0.3) is 0 Å². The standard InChI is InChI=1S/C24H15FN6/c25-15-9-7-14(8-10-15)16-4-3-6-19-21(16)29-24(28-19)23-22-20(30-31-23)12-11-18(27-22)17-5-1-2-13-26-17/h1-13H,(H,28,29)(H,30,31). The van der Waals surface area contributed by atoms with E-state index in [1.165, 1.54) is 12.1 Å². The van der Waals surface area contributed by atoms with Gasteiger partial charge in [-0.2, -0.15) is 5.10 Å². The molecule has 0 aliphatic heterocycles. The highest BCUT2D eigenvalue weighted by atomic mass is 19.1. The van der Waals surface area contributed by atoms with Crippen LogP contribution in [0.25, 0.3) is 56.1 Å². The summed E-state index contributed by atoms with van der Waals surface area (Å²) in [5, 5.41) is 7.49. The lowest BCUT2D eigenvalue weighted by molar-refractivity contribution is 0.628. The highest BCUT2D eigenvalue weighted by Gasteiger charge is 2.17. The van der Waals surface area contributed by atoms with Gasteiger partial charge in [-0.1, -0.05) is 30.3 Å². The number of nitrogens with zero attached hydrogens (tertiary/aromatic N) is 4. The summed E-state index contributed by atoms with van der Waals surface area (Å²) in [6.45, 7) is 0. The summed E-state index contributed by atoms with van der Waals surface area (Å²) in [6.07, 6.45) is 1.74. The maximum atomic E-state index is 13.4. The molecule has 0 aliphatic carbocycles. The van der Waals surface area contributed by atoms with Gasteiger partial charge in [0.05, 0.1) is 27.9 Å². The number of nitrogens with one attached hydrogen (secondary N) is 2. The highest BCUT2D eigenvalue weighted by Crippen LogP contribution is 2.31. The molecule has 0 saturated heterocycles. The van der Waals surface area contributed by atoms with Crippen LogP contribution < -0.4 is 0 Å². The van der Waals surface area contributed by atoms with E-state index in [4.69, 9.17) is 9.97 Å². The lowest BCUT2D eigenvalue weighted by Gasteiger charge is -2.02. The van der Waals surface area contributed by atoms with Gasteiger partial charge in [-0.3, -0.25) is 10.1 Å². The van der Waals surface area contributed by atoms with Crippen LogP contribution in [0.15, 0.2) is 79.0 Å². The third-order valence-electron chi connectivity index (χ3n) is 5.23. The minimum Gasteiger partial charge on any atom is -0.336 e. The Bertz CT molecular complexity index is 1530. The summed E-state index contributed by atoms with van der Waals surface area (Å²) in [4.78, 5) is 17.3. The predicted molar refractivity (Wildman–Crippen MR) is 118 cm³/mol. The maximum Gasteiger partial charge on any atom is 0.161 e. The molecule has 6 nitrogen and oxygen atoms in total. The molecule has 4 heterocycles. The van der Waals surface area contributed by atoms with Gasteiger partial charge in [-0.05, 0) is 48.0 Å². The first-order valence-corrected chi connectivity index (χ1v) is 9.78. The van der Waals surface area contributed by atoms with Gasteiger partial charge >= 0.3 is 0 Å². The van der Waals surface area contributed by atoms with E-state index in [0.29, 0.717) is 17.0 Å². The molecule has 0 atom stereocenters. The van der Waals surface area contributed by atoms with Crippen LogP contribution in [0.2, 0.25) is 0 Å². The number of benzene rings is 2. The van der Waals surface area contributed by atoms with Crippen LogP contribution in [0.4, 0.5) is 4.39 Å². The number of pyridine rings is 2. The fourth-order valence-corrected chi connectivity index (χ4v) is 3.73. The smallest absolute Gasteiger partial charge is 0.161 e. The molecular weight excluding hydrogens is 391 g/mol. The Morgan fingerprint density at radius 1 is 0.710 bits per heavy atom. The Kier molecular flexibility index (Phi) is 3.86. The predicted octanol–water partition coefficient (Wildman–Crippen LogP) is 5.37. The average molecular weight is 406 g/mol. The minimum atomic E-state index is -0.267. The quantitative estimate of drug-likeness (QED) is 0.414. The summed E-state index contributed by atoms with van der Waals surface area (Å²) in [6, 6.07) is 21.9. The van der Waals surface area contributed by atoms with Gasteiger partial charge in [0.15, 0.2) is 11.5 Å². The van der Waals surface area contributed by atoms with Crippen molar-refractivity contribution in [3.05, 3.63) is 84.8 Å². The van der Waals surface area contributed by atoms with E-state index in [9.17, 15) is 4.39 Å². The van der Waals surface area contributed by atoms with Gasteiger partial charge in [0.2, 0.25) is 0 Å². The van der Waals surface area contributed by atoms with Crippen LogP contribution in [0.1, 0.15) is 0 Å². The Balaban J connectivity index is 1.51. The topological polar surface area (TPSA) is 83.1 Å². The summed E-state index contributed by atoms with van der Waals surface area (Å²) in [7, 11) is 0. The molecule has 6 rings (SSSR count). The first-order chi connectivity index (χ1) is 15.3. The second-order valence-corrected chi connectivity index (χ2v) is 7.17. The van der Waals surface area contributed by atoms with Crippen LogP contribution in [-0.2, 0) is 0 Å². The Hall–Kier alpha value is -4.39. The molecule has 0 spiro atoms. The largest absolute Gasteiger partial charge is 0.336 e. The molecule has 2 N–H and O–H groups in total. The van der Waals surface area contributed by atoms with Crippen molar-refractivity contribution in [1.82, 2.24) is 30.1 Å². The molecule has 0 radical (unpaired) electrons. The first kappa shape index (κ1) is 17.5. The molecule has 0 bridgehead atoms. The number of aromatic amines is 2. The van der Waals surface area contributed by atoms with Crippen LogP contribution in [0.3, 0.4) is 0 Å². The average Bonchev–Trinajstić information content (AvgIpc) is 3.43. The minimum absolute atomic E-state index is 0.267. The molecule has 7 heteroatoms. The number of aromatic nitrogens is 6. The fourth-order valence-electron chi connectivity index (χ4n) is 3.73. The van der Waals surface area contributed by atoms with Gasteiger partial charge < -0.3 is 4.98 Å². The second-order valence-electron chi connectivity index (χ2n) is 7.17. The van der Waals surface area contributed by atoms with Crippen molar-refractivity contribution in [1.29, 1.82) is 0 Å². The van der Waals surface area contributed by atoms with E-state index >= 15 is 0 Å². The van der Waals surface area contributed by atoms with E-state index in [1.54, 1.807) is 18.3 Å². The molecule has 0 amide bonds. The zero-order valence-corrected chi connectivity index (χ0v) is 16.2. The molecule has 6 aromatic rings. The van der Waals surface area contributed by atoms with Crippen molar-refractivity contribution >= 4 is 22.1 Å². The van der Waals surface area contributed by atoms with Crippen molar-refractivity contribution in [2.75, 3.05) is 0 Å². The Morgan fingerprint density at radius 3 is 2.45 bits per heavy atom. The maximum absolute atomic E-state index is 13.4. The first-order valence-electron chi connectivity index (χ1n) is 9.78. The van der Waals surface area contributed by atoms with Gasteiger partial charge in [-0.15, -0.1) is 0 Å². The third kappa shape index (κ3) is 2.95. The number of fused-ring (bicyclic) bond motifs is 2. The molecule has 0 fully saturated rings. The Morgan fingerprint density at radius 2 is 1.61 bits per heavy atom. The number of rotatable bonds is 3. The number of H-pyrrole nitrogens is 2. The molecule has 4 aromatic heterocycles. The Labute approximate surface area is 175 Å². The molecular formula is C24H15FN6. The fraction of sp³-hybridized carbons (Fsp3) is 0. The number of halogens is 1. The van der Waals surface area contributed by atoms with Crippen molar-refractivity contribution in [2.45, 2.75) is 0 Å². The van der Waals surface area contributed by atoms with Gasteiger partial charge in [-0.25, -0.2) is 14.4 Å². The number of imidazole rings is 1. The normalized spacial score (nSPS) is 11.4. The lowest BCUT2D eigenvalue weighted by atomic mass is 10.0. The van der Waals surface area contributed by atoms with Crippen LogP contribution in [0.5, 0.6) is 0 Å². The van der Waals surface area contributed by atoms with E-state index in [0.717, 1.165) is 39.1 Å². The summed E-state index contributed by atoms with van der Waals surface area (Å²) in [5.74, 6) is 0.345. The zero-order chi connectivity index (χ0) is 20.8. The number of hydrogen-bond acceptors (Lipinski definition) is 4. The number of para-hydroxylation sites is 1. The zero-order valence-electron chi connectivity index (χ0n) is 16.2. The molecule has 31 heavy (non-hydrogen) atoms. The van der Waals surface area contributed by atoms with Crippen molar-refractivity contribution in [3.63, 3.8) is 0 Å². The van der Waals surface area contributed by atoms with E-state index < -0.39 is 0 Å². The summed E-state index contributed by atoms with van der Waals surface area (Å²) >= 11 is 0. The molecule has 0 aliphatic rings. The third-order valence-corrected chi connectivity index (χ3v) is 5.23. The SMILES string of the molecule is Fc1ccc(-c2cccc3[nH]c(-c4n[nH]c5ccc(-c6ccccn6)nc45)nc23)cc1.